The maximum atomic E-state index is 14.4. The van der Waals surface area contributed by atoms with Gasteiger partial charge in [-0.1, -0.05) is 5.21 Å². The second-order valence-electron chi connectivity index (χ2n) is 8.97. The van der Waals surface area contributed by atoms with Gasteiger partial charge in [0.1, 0.15) is 53.3 Å². The number of aromatic nitrogens is 6. The van der Waals surface area contributed by atoms with Gasteiger partial charge in [-0.2, -0.15) is 10.4 Å². The zero-order valence-corrected chi connectivity index (χ0v) is 20.4. The molecule has 0 bridgehead atoms. The summed E-state index contributed by atoms with van der Waals surface area (Å²) in [4.78, 5) is 4.08. The molecule has 12 heteroatoms. The van der Waals surface area contributed by atoms with Crippen LogP contribution in [-0.4, -0.2) is 62.6 Å². The number of nitriles is 1. The number of rotatable bonds is 8. The van der Waals surface area contributed by atoms with Gasteiger partial charge in [0.2, 0.25) is 0 Å². The van der Waals surface area contributed by atoms with Crippen LogP contribution in [0.3, 0.4) is 0 Å². The van der Waals surface area contributed by atoms with E-state index in [1.54, 1.807) is 21.5 Å². The number of halogens is 2. The Balaban J connectivity index is 1.45. The third kappa shape index (κ3) is 5.00. The van der Waals surface area contributed by atoms with Crippen molar-refractivity contribution in [3.8, 4) is 23.1 Å². The van der Waals surface area contributed by atoms with E-state index >= 15 is 0 Å². The molecule has 0 aromatic carbocycles. The summed E-state index contributed by atoms with van der Waals surface area (Å²) in [6.07, 6.45) is 3.56. The van der Waals surface area contributed by atoms with Crippen molar-refractivity contribution < 1.29 is 18.3 Å². The Hall–Kier alpha value is -3.95. The molecule has 4 aromatic heterocycles. The minimum atomic E-state index is -0.935. The number of alkyl halides is 1. The predicted octanol–water partition coefficient (Wildman–Crippen LogP) is 3.02. The number of hydrogen-bond acceptors (Lipinski definition) is 8. The molecule has 0 aliphatic carbocycles. The summed E-state index contributed by atoms with van der Waals surface area (Å²) in [5.41, 5.74) is 3.41. The Kier molecular flexibility index (Phi) is 7.07. The Morgan fingerprint density at radius 2 is 2.19 bits per heavy atom. The number of nitrogens with one attached hydrogen (secondary N) is 1. The molecule has 192 valence electrons. The average Bonchev–Trinajstić information content (AvgIpc) is 3.49. The van der Waals surface area contributed by atoms with Gasteiger partial charge < -0.3 is 14.8 Å². The highest BCUT2D eigenvalue weighted by atomic mass is 19.1. The molecular weight excluding hydrogens is 482 g/mol. The summed E-state index contributed by atoms with van der Waals surface area (Å²) in [5.74, 6) is -0.185. The minimum Gasteiger partial charge on any atom is -0.488 e. The van der Waals surface area contributed by atoms with Crippen molar-refractivity contribution in [3.05, 3.63) is 59.6 Å². The predicted molar refractivity (Wildman–Crippen MR) is 129 cm³/mol. The lowest BCUT2D eigenvalue weighted by Gasteiger charge is -2.26. The van der Waals surface area contributed by atoms with Gasteiger partial charge in [-0.05, 0) is 38.1 Å². The Bertz CT molecular complexity index is 1430. The molecular formula is C25H26F2N8O2. The highest BCUT2D eigenvalue weighted by molar-refractivity contribution is 5.74. The van der Waals surface area contributed by atoms with Gasteiger partial charge in [0, 0.05) is 37.9 Å². The van der Waals surface area contributed by atoms with Crippen molar-refractivity contribution in [2.45, 2.75) is 32.2 Å². The van der Waals surface area contributed by atoms with Gasteiger partial charge in [0.05, 0.1) is 23.8 Å². The monoisotopic (exact) mass is 508 g/mol. The van der Waals surface area contributed by atoms with Crippen LogP contribution < -0.4 is 10.1 Å². The van der Waals surface area contributed by atoms with Gasteiger partial charge in [0.25, 0.3) is 0 Å². The van der Waals surface area contributed by atoms with E-state index in [1.165, 1.54) is 25.4 Å². The van der Waals surface area contributed by atoms with Crippen LogP contribution in [0.2, 0.25) is 0 Å². The maximum absolute atomic E-state index is 14.4. The molecule has 1 unspecified atom stereocenters. The van der Waals surface area contributed by atoms with Gasteiger partial charge in [-0.15, -0.1) is 5.10 Å². The van der Waals surface area contributed by atoms with Crippen LogP contribution in [0.25, 0.3) is 16.8 Å². The first-order valence-corrected chi connectivity index (χ1v) is 11.9. The standard InChI is InChI=1S/C25H26F2N8O2/c1-15-24(32-33-34(15)12-16-5-6-29-11-20(16)27)17-7-22(25-18(8-28)9-31-35(25)13-17)37-14-23(36-2)21-4-3-19(26)10-30-21/h3-4,7,9-10,13,16,20,23,29H,5-6,11-12,14H2,1-2H3/t16-,20-,23?/m0/s1. The first-order valence-electron chi connectivity index (χ1n) is 11.9. The molecule has 1 aliphatic heterocycles. The molecule has 10 nitrogen and oxygen atoms in total. The zero-order valence-electron chi connectivity index (χ0n) is 20.4. The highest BCUT2D eigenvalue weighted by Gasteiger charge is 2.27. The quantitative estimate of drug-likeness (QED) is 0.386. The molecule has 1 aliphatic rings. The second-order valence-corrected chi connectivity index (χ2v) is 8.97. The van der Waals surface area contributed by atoms with Crippen molar-refractivity contribution in [2.75, 3.05) is 26.8 Å². The van der Waals surface area contributed by atoms with Crippen molar-refractivity contribution in [3.63, 3.8) is 0 Å². The molecule has 5 heterocycles. The van der Waals surface area contributed by atoms with E-state index < -0.39 is 18.1 Å². The van der Waals surface area contributed by atoms with Gasteiger partial charge in [0.15, 0.2) is 0 Å². The molecule has 0 spiro atoms. The van der Waals surface area contributed by atoms with E-state index in [9.17, 15) is 14.0 Å². The molecule has 1 saturated heterocycles. The number of methoxy groups -OCH3 is 1. The number of nitrogens with zero attached hydrogens (tertiary/aromatic N) is 7. The summed E-state index contributed by atoms with van der Waals surface area (Å²) in [6, 6.07) is 6.74. The lowest BCUT2D eigenvalue weighted by Crippen LogP contribution is -2.40. The number of fused-ring (bicyclic) bond motifs is 1. The second kappa shape index (κ2) is 10.6. The molecule has 0 amide bonds. The zero-order chi connectivity index (χ0) is 25.9. The SMILES string of the molecule is COC(COc1cc(-c2nnn(C[C@@H]3CCNC[C@@H]3F)c2C)cn2ncc(C#N)c12)c1ccc(F)cn1. The molecule has 0 radical (unpaired) electrons. The van der Waals surface area contributed by atoms with Crippen molar-refractivity contribution in [1.82, 2.24) is 34.9 Å². The third-order valence-corrected chi connectivity index (χ3v) is 6.66. The fraction of sp³-hybridized carbons (Fsp3) is 0.400. The topological polar surface area (TPSA) is 115 Å². The largest absolute Gasteiger partial charge is 0.488 e. The normalized spacial score (nSPS) is 18.6. The lowest BCUT2D eigenvalue weighted by molar-refractivity contribution is 0.0549. The van der Waals surface area contributed by atoms with E-state index in [1.807, 2.05) is 6.92 Å². The molecule has 5 rings (SSSR count). The van der Waals surface area contributed by atoms with E-state index in [2.05, 4.69) is 31.8 Å². The first-order chi connectivity index (χ1) is 18.0. The van der Waals surface area contributed by atoms with Crippen molar-refractivity contribution >= 4 is 5.52 Å². The minimum absolute atomic E-state index is 0.0591. The Morgan fingerprint density at radius 1 is 1.32 bits per heavy atom. The van der Waals surface area contributed by atoms with Crippen molar-refractivity contribution in [1.29, 1.82) is 5.26 Å². The summed E-state index contributed by atoms with van der Waals surface area (Å²) in [5, 5.41) is 25.6. The van der Waals surface area contributed by atoms with Crippen LogP contribution in [0.5, 0.6) is 5.75 Å². The Morgan fingerprint density at radius 3 is 2.92 bits per heavy atom. The lowest BCUT2D eigenvalue weighted by atomic mass is 9.96. The summed E-state index contributed by atoms with van der Waals surface area (Å²) >= 11 is 0. The third-order valence-electron chi connectivity index (χ3n) is 6.66. The van der Waals surface area contributed by atoms with Crippen LogP contribution in [0, 0.1) is 30.0 Å². The van der Waals surface area contributed by atoms with Crippen molar-refractivity contribution in [2.24, 2.45) is 5.92 Å². The molecule has 4 aromatic rings. The summed E-state index contributed by atoms with van der Waals surface area (Å²) in [6.45, 7) is 3.51. The van der Waals surface area contributed by atoms with Crippen LogP contribution >= 0.6 is 0 Å². The number of pyridine rings is 2. The van der Waals surface area contributed by atoms with E-state index in [4.69, 9.17) is 9.47 Å². The summed E-state index contributed by atoms with van der Waals surface area (Å²) < 4.78 is 42.6. The molecule has 37 heavy (non-hydrogen) atoms. The van der Waals surface area contributed by atoms with E-state index in [0.717, 1.165) is 24.9 Å². The maximum Gasteiger partial charge on any atom is 0.147 e. The first kappa shape index (κ1) is 24.7. The van der Waals surface area contributed by atoms with E-state index in [-0.39, 0.29) is 12.5 Å². The molecule has 1 fully saturated rings. The van der Waals surface area contributed by atoms with Crippen LogP contribution in [0.4, 0.5) is 8.78 Å². The fourth-order valence-electron chi connectivity index (χ4n) is 4.53. The number of piperidine rings is 1. The number of ether oxygens (including phenoxy) is 2. The molecule has 3 atom stereocenters. The van der Waals surface area contributed by atoms with Crippen LogP contribution in [0.15, 0.2) is 36.8 Å². The van der Waals surface area contributed by atoms with Gasteiger partial charge >= 0.3 is 0 Å². The smallest absolute Gasteiger partial charge is 0.147 e. The fourth-order valence-corrected chi connectivity index (χ4v) is 4.53. The van der Waals surface area contributed by atoms with Gasteiger partial charge in [-0.25, -0.2) is 18.0 Å². The Labute approximate surface area is 211 Å². The summed E-state index contributed by atoms with van der Waals surface area (Å²) in [7, 11) is 1.51. The molecule has 1 N–H and O–H groups in total. The van der Waals surface area contributed by atoms with Crippen LogP contribution in [-0.2, 0) is 11.3 Å². The molecule has 0 saturated carbocycles. The van der Waals surface area contributed by atoms with E-state index in [0.29, 0.717) is 46.9 Å². The number of hydrogen-bond donors (Lipinski definition) is 1. The average molecular weight is 509 g/mol. The highest BCUT2D eigenvalue weighted by Crippen LogP contribution is 2.32. The van der Waals surface area contributed by atoms with Gasteiger partial charge in [-0.3, -0.25) is 4.98 Å². The van der Waals surface area contributed by atoms with Crippen LogP contribution in [0.1, 0.15) is 29.5 Å².